The van der Waals surface area contributed by atoms with E-state index in [0.29, 0.717) is 24.0 Å². The monoisotopic (exact) mass is 626 g/mol. The molecular formula is C30H28F6N2O6. The van der Waals surface area contributed by atoms with E-state index in [1.807, 2.05) is 6.92 Å². The Bertz CT molecular complexity index is 1410. The molecule has 0 aliphatic carbocycles. The molecule has 0 spiro atoms. The minimum Gasteiger partial charge on any atom is -0.481 e. The molecule has 0 aliphatic rings. The Morgan fingerprint density at radius 1 is 0.773 bits per heavy atom. The lowest BCUT2D eigenvalue weighted by atomic mass is 9.78. The van der Waals surface area contributed by atoms with Crippen LogP contribution in [0.5, 0.6) is 11.5 Å². The normalized spacial score (nSPS) is 13.0. The number of amides is 2. The van der Waals surface area contributed by atoms with Crippen LogP contribution in [0.15, 0.2) is 72.8 Å². The number of benzene rings is 3. The molecule has 0 fully saturated rings. The number of nitrogens with one attached hydrogen (secondary N) is 2. The molecule has 3 N–H and O–H groups in total. The molecule has 1 unspecified atom stereocenters. The summed E-state index contributed by atoms with van der Waals surface area (Å²) in [7, 11) is 0. The largest absolute Gasteiger partial charge is 0.573 e. The number of anilines is 1. The van der Waals surface area contributed by atoms with Gasteiger partial charge in [0.1, 0.15) is 11.5 Å². The number of carbonyl (C=O) groups is 3. The first-order valence-electron chi connectivity index (χ1n) is 13.3. The van der Waals surface area contributed by atoms with Gasteiger partial charge in [-0.1, -0.05) is 37.6 Å². The Hall–Kier alpha value is -4.75. The van der Waals surface area contributed by atoms with Crippen LogP contribution in [0.1, 0.15) is 59.5 Å². The van der Waals surface area contributed by atoms with Crippen LogP contribution in [0, 0.1) is 0 Å². The Morgan fingerprint density at radius 3 is 1.75 bits per heavy atom. The summed E-state index contributed by atoms with van der Waals surface area (Å²) in [6, 6.07) is 15.5. The number of hydrogen-bond donors (Lipinski definition) is 3. The first kappa shape index (κ1) is 33.7. The van der Waals surface area contributed by atoms with Gasteiger partial charge in [0.15, 0.2) is 0 Å². The van der Waals surface area contributed by atoms with Gasteiger partial charge in [-0.3, -0.25) is 14.4 Å². The van der Waals surface area contributed by atoms with Gasteiger partial charge in [0.2, 0.25) is 5.91 Å². The molecule has 3 aromatic rings. The number of halogens is 6. The highest BCUT2D eigenvalue weighted by Gasteiger charge is 2.34. The average molecular weight is 627 g/mol. The summed E-state index contributed by atoms with van der Waals surface area (Å²) in [4.78, 5) is 36.8. The fourth-order valence-electron chi connectivity index (χ4n) is 4.51. The summed E-state index contributed by atoms with van der Waals surface area (Å²) in [5.74, 6) is -4.70. The van der Waals surface area contributed by atoms with Gasteiger partial charge in [-0.15, -0.1) is 26.3 Å². The number of ether oxygens (including phenoxy) is 2. The maximum Gasteiger partial charge on any atom is 0.573 e. The lowest BCUT2D eigenvalue weighted by Gasteiger charge is -2.28. The van der Waals surface area contributed by atoms with Crippen molar-refractivity contribution in [3.8, 4) is 11.5 Å². The van der Waals surface area contributed by atoms with Gasteiger partial charge >= 0.3 is 18.7 Å². The first-order chi connectivity index (χ1) is 20.6. The van der Waals surface area contributed by atoms with Gasteiger partial charge in [-0.05, 0) is 72.0 Å². The van der Waals surface area contributed by atoms with E-state index in [4.69, 9.17) is 5.11 Å². The van der Waals surface area contributed by atoms with Crippen molar-refractivity contribution in [3.63, 3.8) is 0 Å². The van der Waals surface area contributed by atoms with Gasteiger partial charge in [-0.2, -0.15) is 0 Å². The molecule has 44 heavy (non-hydrogen) atoms. The van der Waals surface area contributed by atoms with Crippen LogP contribution >= 0.6 is 0 Å². The third-order valence-corrected chi connectivity index (χ3v) is 6.34. The highest BCUT2D eigenvalue weighted by Crippen LogP contribution is 2.39. The van der Waals surface area contributed by atoms with Gasteiger partial charge in [0.25, 0.3) is 5.91 Å². The SMILES string of the molecule is CCCC(c1ccc(C(=O)NCCC(=O)O)cc1)[C@@H](C(=O)Nc1ccc(OC(F)(F)F)cc1)c1ccc(OC(F)(F)F)cc1. The van der Waals surface area contributed by atoms with Crippen LogP contribution < -0.4 is 20.1 Å². The van der Waals surface area contributed by atoms with Crippen molar-refractivity contribution in [1.29, 1.82) is 0 Å². The van der Waals surface area contributed by atoms with Crippen molar-refractivity contribution in [3.05, 3.63) is 89.5 Å². The zero-order chi connectivity index (χ0) is 32.5. The molecule has 14 heteroatoms. The Labute approximate surface area is 248 Å². The van der Waals surface area contributed by atoms with Crippen LogP contribution in [-0.4, -0.2) is 42.2 Å². The van der Waals surface area contributed by atoms with E-state index in [1.54, 1.807) is 12.1 Å². The average Bonchev–Trinajstić information content (AvgIpc) is 2.93. The van der Waals surface area contributed by atoms with Crippen LogP contribution in [-0.2, 0) is 9.59 Å². The zero-order valence-corrected chi connectivity index (χ0v) is 23.2. The van der Waals surface area contributed by atoms with Gasteiger partial charge in [0.05, 0.1) is 12.3 Å². The summed E-state index contributed by atoms with van der Waals surface area (Å²) in [6.07, 6.45) is -9.07. The van der Waals surface area contributed by atoms with Crippen molar-refractivity contribution in [2.75, 3.05) is 11.9 Å². The number of alkyl halides is 6. The molecule has 2 atom stereocenters. The predicted octanol–water partition coefficient (Wildman–Crippen LogP) is 6.99. The van der Waals surface area contributed by atoms with Crippen LogP contribution in [0.4, 0.5) is 32.0 Å². The number of carboxylic acids is 1. The van der Waals surface area contributed by atoms with Crippen LogP contribution in [0.25, 0.3) is 0 Å². The van der Waals surface area contributed by atoms with Crippen molar-refractivity contribution < 1.29 is 55.3 Å². The quantitative estimate of drug-likeness (QED) is 0.176. The summed E-state index contributed by atoms with van der Waals surface area (Å²) < 4.78 is 83.6. The number of rotatable bonds is 13. The van der Waals surface area contributed by atoms with E-state index in [2.05, 4.69) is 20.1 Å². The van der Waals surface area contributed by atoms with E-state index in [0.717, 1.165) is 24.3 Å². The molecule has 0 heterocycles. The molecule has 0 aromatic heterocycles. The topological polar surface area (TPSA) is 114 Å². The number of hydrogen-bond acceptors (Lipinski definition) is 5. The van der Waals surface area contributed by atoms with Gasteiger partial charge < -0.3 is 25.2 Å². The van der Waals surface area contributed by atoms with E-state index >= 15 is 0 Å². The zero-order valence-electron chi connectivity index (χ0n) is 23.2. The highest BCUT2D eigenvalue weighted by molar-refractivity contribution is 5.97. The smallest absolute Gasteiger partial charge is 0.481 e. The first-order valence-corrected chi connectivity index (χ1v) is 13.3. The molecule has 0 bridgehead atoms. The maximum atomic E-state index is 13.7. The third kappa shape index (κ3) is 10.5. The third-order valence-electron chi connectivity index (χ3n) is 6.34. The second kappa shape index (κ2) is 14.6. The number of aliphatic carboxylic acids is 1. The molecule has 0 saturated carbocycles. The van der Waals surface area contributed by atoms with Crippen molar-refractivity contribution in [2.24, 2.45) is 0 Å². The molecule has 0 radical (unpaired) electrons. The molecule has 236 valence electrons. The van der Waals surface area contributed by atoms with Crippen molar-refractivity contribution in [2.45, 2.75) is 50.7 Å². The Kier molecular flexibility index (Phi) is 11.2. The Balaban J connectivity index is 1.93. The molecule has 2 amide bonds. The summed E-state index contributed by atoms with van der Waals surface area (Å²) in [5, 5.41) is 13.9. The summed E-state index contributed by atoms with van der Waals surface area (Å²) in [6.45, 7) is 1.79. The molecule has 0 aliphatic heterocycles. The standard InChI is InChI=1S/C30H28F6N2O6/c1-2-3-24(18-4-6-20(7-5-18)27(41)37-17-16-25(39)40)26(19-8-12-22(13-9-19)43-29(31,32)33)28(42)38-21-10-14-23(15-11-21)44-30(34,35)36/h4-15,24,26H,2-3,16-17H2,1H3,(H,37,41)(H,38,42)(H,39,40)/t24?,26-/m0/s1. The maximum absolute atomic E-state index is 13.7. The fraction of sp³-hybridized carbons (Fsp3) is 0.300. The lowest BCUT2D eigenvalue weighted by molar-refractivity contribution is -0.275. The molecule has 3 rings (SSSR count). The molecule has 8 nitrogen and oxygen atoms in total. The van der Waals surface area contributed by atoms with Gasteiger partial charge in [-0.25, -0.2) is 0 Å². The molecule has 3 aromatic carbocycles. The molecular weight excluding hydrogens is 598 g/mol. The van der Waals surface area contributed by atoms with E-state index in [-0.39, 0.29) is 24.2 Å². The Morgan fingerprint density at radius 2 is 1.27 bits per heavy atom. The number of carbonyl (C=O) groups excluding carboxylic acids is 2. The molecule has 0 saturated heterocycles. The predicted molar refractivity (Wildman–Crippen MR) is 146 cm³/mol. The van der Waals surface area contributed by atoms with E-state index < -0.39 is 53.8 Å². The summed E-state index contributed by atoms with van der Waals surface area (Å²) >= 11 is 0. The van der Waals surface area contributed by atoms with Crippen LogP contribution in [0.3, 0.4) is 0 Å². The number of carboxylic acid groups (broad SMARTS) is 1. The van der Waals surface area contributed by atoms with E-state index in [1.165, 1.54) is 36.4 Å². The minimum atomic E-state index is -4.92. The lowest BCUT2D eigenvalue weighted by Crippen LogP contribution is -2.27. The van der Waals surface area contributed by atoms with Gasteiger partial charge in [0, 0.05) is 17.8 Å². The second-order valence-electron chi connectivity index (χ2n) is 9.57. The van der Waals surface area contributed by atoms with Crippen molar-refractivity contribution >= 4 is 23.5 Å². The van der Waals surface area contributed by atoms with Crippen LogP contribution in [0.2, 0.25) is 0 Å². The fourth-order valence-corrected chi connectivity index (χ4v) is 4.51. The highest BCUT2D eigenvalue weighted by atomic mass is 19.4. The van der Waals surface area contributed by atoms with Crippen molar-refractivity contribution in [1.82, 2.24) is 5.32 Å². The second-order valence-corrected chi connectivity index (χ2v) is 9.57. The minimum absolute atomic E-state index is 0.0754. The summed E-state index contributed by atoms with van der Waals surface area (Å²) in [5.41, 5.74) is 1.35. The van der Waals surface area contributed by atoms with E-state index in [9.17, 15) is 40.7 Å².